The zero-order chi connectivity index (χ0) is 11.2. The Hall–Kier alpha value is -1.12. The van der Waals surface area contributed by atoms with Gasteiger partial charge in [0, 0.05) is 0 Å². The molecule has 0 fully saturated rings. The maximum absolute atomic E-state index is 10.8. The van der Waals surface area contributed by atoms with E-state index in [4.69, 9.17) is 9.66 Å². The number of hydrogen-bond acceptors (Lipinski definition) is 6. The summed E-state index contributed by atoms with van der Waals surface area (Å²) in [5.41, 5.74) is 0. The van der Waals surface area contributed by atoms with Crippen molar-refractivity contribution in [2.24, 2.45) is 0 Å². The van der Waals surface area contributed by atoms with Gasteiger partial charge in [-0.15, -0.1) is 0 Å². The van der Waals surface area contributed by atoms with Crippen LogP contribution in [-0.2, 0) is 24.4 Å². The van der Waals surface area contributed by atoms with Crippen molar-refractivity contribution in [3.8, 4) is 0 Å². The standard InChI is InChI=1S/C6H10O7S/c1-5(12-3-2-7)6(8)13-4-14(9,10)11/h7H,1-4H2,(H,9,10,11). The van der Waals surface area contributed by atoms with Gasteiger partial charge in [0.15, 0.2) is 5.76 Å². The molecule has 2 N–H and O–H groups in total. The summed E-state index contributed by atoms with van der Waals surface area (Å²) in [7, 11) is -4.36. The van der Waals surface area contributed by atoms with Crippen molar-refractivity contribution >= 4 is 16.1 Å². The fourth-order valence-corrected chi connectivity index (χ4v) is 0.692. The molecule has 0 amide bonds. The minimum absolute atomic E-state index is 0.153. The van der Waals surface area contributed by atoms with Gasteiger partial charge in [-0.25, -0.2) is 4.79 Å². The monoisotopic (exact) mass is 226 g/mol. The number of rotatable bonds is 6. The van der Waals surface area contributed by atoms with Crippen molar-refractivity contribution in [2.75, 3.05) is 19.2 Å². The summed E-state index contributed by atoms with van der Waals surface area (Å²) >= 11 is 0. The second-order valence-electron chi connectivity index (χ2n) is 2.13. The van der Waals surface area contributed by atoms with Crippen LogP contribution in [0, 0.1) is 0 Å². The third kappa shape index (κ3) is 6.40. The van der Waals surface area contributed by atoms with Gasteiger partial charge in [0.2, 0.25) is 5.94 Å². The summed E-state index contributed by atoms with van der Waals surface area (Å²) in [6.07, 6.45) is 0. The quantitative estimate of drug-likeness (QED) is 0.256. The van der Waals surface area contributed by atoms with Crippen LogP contribution in [0.25, 0.3) is 0 Å². The molecule has 0 saturated heterocycles. The molecule has 82 valence electrons. The normalized spacial score (nSPS) is 10.7. The van der Waals surface area contributed by atoms with Crippen LogP contribution in [0.2, 0.25) is 0 Å². The van der Waals surface area contributed by atoms with Crippen molar-refractivity contribution < 1.29 is 32.3 Å². The Bertz CT molecular complexity index is 304. The molecular formula is C6H10O7S. The van der Waals surface area contributed by atoms with Crippen LogP contribution < -0.4 is 0 Å². The van der Waals surface area contributed by atoms with E-state index in [0.29, 0.717) is 0 Å². The van der Waals surface area contributed by atoms with Gasteiger partial charge >= 0.3 is 16.1 Å². The minimum atomic E-state index is -4.36. The molecule has 0 unspecified atom stereocenters. The molecule has 0 aromatic heterocycles. The van der Waals surface area contributed by atoms with Gasteiger partial charge in [-0.3, -0.25) is 4.55 Å². The number of carbonyl (C=O) groups is 1. The van der Waals surface area contributed by atoms with Gasteiger partial charge in [-0.05, 0) is 6.58 Å². The second kappa shape index (κ2) is 5.58. The summed E-state index contributed by atoms with van der Waals surface area (Å²) < 4.78 is 37.1. The van der Waals surface area contributed by atoms with E-state index >= 15 is 0 Å². The van der Waals surface area contributed by atoms with Crippen LogP contribution in [0.3, 0.4) is 0 Å². The third-order valence-electron chi connectivity index (χ3n) is 0.934. The predicted molar refractivity (Wildman–Crippen MR) is 44.7 cm³/mol. The SMILES string of the molecule is C=C(OCCO)C(=O)OCS(=O)(=O)O. The van der Waals surface area contributed by atoms with E-state index in [1.807, 2.05) is 0 Å². The van der Waals surface area contributed by atoms with E-state index in [9.17, 15) is 13.2 Å². The van der Waals surface area contributed by atoms with E-state index in [0.717, 1.165) is 0 Å². The lowest BCUT2D eigenvalue weighted by Crippen LogP contribution is -2.16. The van der Waals surface area contributed by atoms with Gasteiger partial charge in [-0.1, -0.05) is 0 Å². The zero-order valence-corrected chi connectivity index (χ0v) is 7.99. The van der Waals surface area contributed by atoms with Crippen molar-refractivity contribution in [3.05, 3.63) is 12.3 Å². The van der Waals surface area contributed by atoms with Crippen LogP contribution in [0.5, 0.6) is 0 Å². The number of ether oxygens (including phenoxy) is 2. The molecule has 0 aliphatic rings. The molecule has 0 atom stereocenters. The molecule has 0 aromatic rings. The highest BCUT2D eigenvalue weighted by atomic mass is 32.2. The molecule has 0 aliphatic heterocycles. The van der Waals surface area contributed by atoms with E-state index < -0.39 is 27.8 Å². The van der Waals surface area contributed by atoms with Crippen molar-refractivity contribution in [1.29, 1.82) is 0 Å². The first kappa shape index (κ1) is 12.9. The maximum atomic E-state index is 10.8. The Balaban J connectivity index is 3.91. The molecule has 14 heavy (non-hydrogen) atoms. The molecule has 0 heterocycles. The topological polar surface area (TPSA) is 110 Å². The molecular weight excluding hydrogens is 216 g/mol. The molecule has 0 saturated carbocycles. The Kier molecular flexibility index (Phi) is 5.13. The van der Waals surface area contributed by atoms with Crippen LogP contribution in [0.1, 0.15) is 0 Å². The summed E-state index contributed by atoms with van der Waals surface area (Å²) in [4.78, 5) is 10.8. The van der Waals surface area contributed by atoms with Crippen molar-refractivity contribution in [2.45, 2.75) is 0 Å². The lowest BCUT2D eigenvalue weighted by molar-refractivity contribution is -0.141. The Labute approximate surface area is 80.7 Å². The van der Waals surface area contributed by atoms with Crippen molar-refractivity contribution in [3.63, 3.8) is 0 Å². The van der Waals surface area contributed by atoms with Crippen LogP contribution >= 0.6 is 0 Å². The largest absolute Gasteiger partial charge is 0.485 e. The van der Waals surface area contributed by atoms with Gasteiger partial charge in [0.1, 0.15) is 6.61 Å². The Morgan fingerprint density at radius 3 is 2.36 bits per heavy atom. The first-order valence-corrected chi connectivity index (χ1v) is 5.02. The first-order chi connectivity index (χ1) is 6.37. The smallest absolute Gasteiger partial charge is 0.374 e. The van der Waals surface area contributed by atoms with Gasteiger partial charge in [0.05, 0.1) is 6.61 Å². The summed E-state index contributed by atoms with van der Waals surface area (Å²) in [5, 5.41) is 8.30. The number of esters is 1. The van der Waals surface area contributed by atoms with E-state index in [-0.39, 0.29) is 13.2 Å². The van der Waals surface area contributed by atoms with E-state index in [1.54, 1.807) is 0 Å². The van der Waals surface area contributed by atoms with Crippen LogP contribution in [0.4, 0.5) is 0 Å². The van der Waals surface area contributed by atoms with Crippen LogP contribution in [0.15, 0.2) is 12.3 Å². The third-order valence-corrected chi connectivity index (χ3v) is 1.35. The molecule has 0 aliphatic carbocycles. The summed E-state index contributed by atoms with van der Waals surface area (Å²) in [5.74, 6) is -2.72. The zero-order valence-electron chi connectivity index (χ0n) is 7.17. The minimum Gasteiger partial charge on any atom is -0.485 e. The lowest BCUT2D eigenvalue weighted by Gasteiger charge is -2.06. The molecule has 0 spiro atoms. The van der Waals surface area contributed by atoms with E-state index in [2.05, 4.69) is 16.1 Å². The molecule has 0 aromatic carbocycles. The molecule has 0 bridgehead atoms. The van der Waals surface area contributed by atoms with E-state index in [1.165, 1.54) is 0 Å². The van der Waals surface area contributed by atoms with Gasteiger partial charge in [-0.2, -0.15) is 8.42 Å². The average Bonchev–Trinajstić information content (AvgIpc) is 2.09. The van der Waals surface area contributed by atoms with Gasteiger partial charge < -0.3 is 14.6 Å². The Morgan fingerprint density at radius 2 is 1.93 bits per heavy atom. The number of aliphatic hydroxyl groups is 1. The van der Waals surface area contributed by atoms with Crippen LogP contribution in [-0.4, -0.2) is 43.2 Å². The second-order valence-corrected chi connectivity index (χ2v) is 3.53. The molecule has 0 rings (SSSR count). The highest BCUT2D eigenvalue weighted by molar-refractivity contribution is 7.85. The highest BCUT2D eigenvalue weighted by Gasteiger charge is 2.13. The fourth-order valence-electron chi connectivity index (χ4n) is 0.436. The average molecular weight is 226 g/mol. The predicted octanol–water partition coefficient (Wildman–Crippen LogP) is -1.10. The van der Waals surface area contributed by atoms with Gasteiger partial charge in [0.25, 0.3) is 0 Å². The maximum Gasteiger partial charge on any atom is 0.374 e. The lowest BCUT2D eigenvalue weighted by atomic mass is 10.6. The molecule has 8 heteroatoms. The number of hydrogen-bond donors (Lipinski definition) is 2. The molecule has 7 nitrogen and oxygen atoms in total. The molecule has 0 radical (unpaired) electrons. The highest BCUT2D eigenvalue weighted by Crippen LogP contribution is 1.98. The first-order valence-electron chi connectivity index (χ1n) is 3.41. The Morgan fingerprint density at radius 1 is 1.36 bits per heavy atom. The van der Waals surface area contributed by atoms with Crippen molar-refractivity contribution in [1.82, 2.24) is 0 Å². The number of aliphatic hydroxyl groups excluding tert-OH is 1. The fraction of sp³-hybridized carbons (Fsp3) is 0.500. The number of carbonyl (C=O) groups excluding carboxylic acids is 1. The summed E-state index contributed by atoms with van der Waals surface area (Å²) in [6.45, 7) is 2.64. The summed E-state index contributed by atoms with van der Waals surface area (Å²) in [6, 6.07) is 0.